The summed E-state index contributed by atoms with van der Waals surface area (Å²) in [6.45, 7) is 4.53. The highest BCUT2D eigenvalue weighted by Gasteiger charge is 2.26. The molecule has 1 aliphatic heterocycles. The highest BCUT2D eigenvalue weighted by molar-refractivity contribution is 5.71. The minimum Gasteiger partial charge on any atom is -0.418 e. The first-order valence-corrected chi connectivity index (χ1v) is 10.3. The van der Waals surface area contributed by atoms with Crippen molar-refractivity contribution >= 4 is 17.0 Å². The fourth-order valence-corrected chi connectivity index (χ4v) is 3.34. The number of nitrogens with two attached hydrogens (primary N) is 1. The molecule has 0 spiro atoms. The summed E-state index contributed by atoms with van der Waals surface area (Å²) in [5.41, 5.74) is 3.27. The molecule has 0 amide bonds. The largest absolute Gasteiger partial charge is 0.418 e. The third-order valence-electron chi connectivity index (χ3n) is 5.01. The average Bonchev–Trinajstić information content (AvgIpc) is 3.21. The third kappa shape index (κ3) is 6.00. The van der Waals surface area contributed by atoms with E-state index in [0.29, 0.717) is 43.4 Å². The molecule has 13 heteroatoms. The lowest BCUT2D eigenvalue weighted by Gasteiger charge is -2.28. The van der Waals surface area contributed by atoms with Crippen molar-refractivity contribution in [1.29, 1.82) is 0 Å². The zero-order chi connectivity index (χ0) is 23.1. The van der Waals surface area contributed by atoms with E-state index >= 15 is 0 Å². The van der Waals surface area contributed by atoms with Gasteiger partial charge in [0.05, 0.1) is 50.4 Å². The lowest BCUT2D eigenvalue weighted by molar-refractivity contribution is -0.106. The average molecular weight is 457 g/mol. The van der Waals surface area contributed by atoms with Crippen molar-refractivity contribution in [2.75, 3.05) is 31.7 Å². The number of alkyl halides is 2. The van der Waals surface area contributed by atoms with Crippen molar-refractivity contribution in [2.24, 2.45) is 5.84 Å². The Balaban J connectivity index is 1.86. The van der Waals surface area contributed by atoms with Gasteiger partial charge in [0.1, 0.15) is 17.4 Å². The zero-order valence-electron chi connectivity index (χ0n) is 18.2. The molecule has 0 aromatic carbocycles. The Morgan fingerprint density at radius 1 is 1.38 bits per heavy atom. The quantitative estimate of drug-likeness (QED) is 0.259. The normalized spacial score (nSPS) is 20.2. The van der Waals surface area contributed by atoms with E-state index in [-0.39, 0.29) is 18.0 Å². The molecule has 32 heavy (non-hydrogen) atoms. The van der Waals surface area contributed by atoms with Crippen LogP contribution in [0.2, 0.25) is 0 Å². The van der Waals surface area contributed by atoms with Crippen LogP contribution in [0.15, 0.2) is 24.4 Å². The van der Waals surface area contributed by atoms with Crippen LogP contribution in [0.4, 0.5) is 14.6 Å². The Morgan fingerprint density at radius 3 is 2.84 bits per heavy atom. The molecule has 1 saturated heterocycles. The number of fused-ring (bicyclic) bond motifs is 1. The van der Waals surface area contributed by atoms with Crippen LogP contribution in [0, 0.1) is 0 Å². The van der Waals surface area contributed by atoms with Crippen LogP contribution in [0.1, 0.15) is 26.8 Å². The molecule has 178 valence electrons. The molecule has 0 bridgehead atoms. The minimum absolute atomic E-state index is 0.136. The second-order valence-electron chi connectivity index (χ2n) is 7.16. The van der Waals surface area contributed by atoms with E-state index in [1.807, 2.05) is 13.8 Å². The summed E-state index contributed by atoms with van der Waals surface area (Å²) in [6.07, 6.45) is 3.94. The molecule has 4 N–H and O–H groups in total. The predicted octanol–water partition coefficient (Wildman–Crippen LogP) is 1.55. The summed E-state index contributed by atoms with van der Waals surface area (Å²) >= 11 is 0. The van der Waals surface area contributed by atoms with Crippen molar-refractivity contribution < 1.29 is 27.7 Å². The number of rotatable bonds is 11. The van der Waals surface area contributed by atoms with Gasteiger partial charge in [0, 0.05) is 12.7 Å². The number of hydrazine groups is 1. The van der Waals surface area contributed by atoms with Crippen LogP contribution < -0.4 is 16.6 Å². The molecule has 2 aromatic rings. The van der Waals surface area contributed by atoms with Gasteiger partial charge in [-0.15, -0.1) is 0 Å². The Kier molecular flexibility index (Phi) is 8.50. The first-order valence-electron chi connectivity index (χ1n) is 10.3. The third-order valence-corrected chi connectivity index (χ3v) is 5.01. The number of hydrogen-bond donors (Lipinski definition) is 3. The Morgan fingerprint density at radius 2 is 2.19 bits per heavy atom. The molecule has 3 rings (SSSR count). The standard InChI is InChI=1S/C19H29F2N7O4/c1-4-30-12(3)13(7-17(27-22)32-19(20)21)25-16-9-23-14-8-24-28(18(14)26-16)11(2)15-10-29-5-6-31-15/h7-9,11-13,15,19,27H,4-6,10,22H2,1-3H3,(H,25,26)/b17-7+/t11-,12?,13?,15+/m0/s1. The number of ether oxygens (including phenoxy) is 4. The second kappa shape index (κ2) is 11.3. The first kappa shape index (κ1) is 24.0. The summed E-state index contributed by atoms with van der Waals surface area (Å²) in [5.74, 6) is 5.41. The van der Waals surface area contributed by atoms with E-state index in [2.05, 4.69) is 30.5 Å². The van der Waals surface area contributed by atoms with Crippen molar-refractivity contribution in [2.45, 2.75) is 51.7 Å². The maximum atomic E-state index is 12.6. The van der Waals surface area contributed by atoms with E-state index in [0.717, 1.165) is 0 Å². The molecule has 2 aromatic heterocycles. The Bertz CT molecular complexity index is 892. The lowest BCUT2D eigenvalue weighted by atomic mass is 10.1. The fraction of sp³-hybridized carbons (Fsp3) is 0.632. The fourth-order valence-electron chi connectivity index (χ4n) is 3.34. The van der Waals surface area contributed by atoms with Crippen LogP contribution in [0.25, 0.3) is 11.2 Å². The van der Waals surface area contributed by atoms with Crippen LogP contribution in [-0.2, 0) is 18.9 Å². The molecule has 1 aliphatic rings. The Labute approximate surface area is 184 Å². The smallest absolute Gasteiger partial charge is 0.388 e. The van der Waals surface area contributed by atoms with E-state index in [1.165, 1.54) is 12.3 Å². The van der Waals surface area contributed by atoms with E-state index in [4.69, 9.17) is 20.1 Å². The summed E-state index contributed by atoms with van der Waals surface area (Å²) in [5, 5.41) is 7.55. The van der Waals surface area contributed by atoms with E-state index < -0.39 is 18.8 Å². The van der Waals surface area contributed by atoms with Crippen LogP contribution in [0.3, 0.4) is 0 Å². The maximum absolute atomic E-state index is 12.6. The highest BCUT2D eigenvalue weighted by atomic mass is 19.3. The molecule has 0 radical (unpaired) electrons. The van der Waals surface area contributed by atoms with Crippen molar-refractivity contribution in [3.05, 3.63) is 24.4 Å². The SMILES string of the molecule is CCOC(C)C(/C=C(\NN)OC(F)F)Nc1cnc2cnn([C@@H](C)[C@H]3COCCO3)c2n1. The van der Waals surface area contributed by atoms with E-state index in [1.54, 1.807) is 17.8 Å². The molecule has 0 saturated carbocycles. The minimum atomic E-state index is -3.03. The van der Waals surface area contributed by atoms with Gasteiger partial charge >= 0.3 is 6.61 Å². The molecule has 0 aliphatic carbocycles. The number of aromatic nitrogens is 4. The monoisotopic (exact) mass is 457 g/mol. The van der Waals surface area contributed by atoms with Gasteiger partial charge in [-0.2, -0.15) is 13.9 Å². The summed E-state index contributed by atoms with van der Waals surface area (Å²) in [4.78, 5) is 9.03. The highest BCUT2D eigenvalue weighted by Crippen LogP contribution is 2.22. The topological polar surface area (TPSA) is 131 Å². The van der Waals surface area contributed by atoms with Gasteiger partial charge in [0.15, 0.2) is 5.65 Å². The molecular weight excluding hydrogens is 428 g/mol. The summed E-state index contributed by atoms with van der Waals surface area (Å²) in [7, 11) is 0. The van der Waals surface area contributed by atoms with Crippen molar-refractivity contribution in [3.8, 4) is 0 Å². The van der Waals surface area contributed by atoms with Crippen LogP contribution in [-0.4, -0.2) is 71.0 Å². The van der Waals surface area contributed by atoms with Crippen molar-refractivity contribution in [3.63, 3.8) is 0 Å². The van der Waals surface area contributed by atoms with Gasteiger partial charge in [-0.3, -0.25) is 5.43 Å². The number of hydrogen-bond acceptors (Lipinski definition) is 10. The predicted molar refractivity (Wildman–Crippen MR) is 112 cm³/mol. The van der Waals surface area contributed by atoms with Gasteiger partial charge in [0.25, 0.3) is 0 Å². The van der Waals surface area contributed by atoms with Gasteiger partial charge in [-0.05, 0) is 20.8 Å². The maximum Gasteiger partial charge on any atom is 0.388 e. The van der Waals surface area contributed by atoms with Crippen LogP contribution >= 0.6 is 0 Å². The molecule has 4 atom stereocenters. The van der Waals surface area contributed by atoms with E-state index in [9.17, 15) is 8.78 Å². The zero-order valence-corrected chi connectivity index (χ0v) is 18.2. The number of nitrogens with one attached hydrogen (secondary N) is 2. The van der Waals surface area contributed by atoms with Gasteiger partial charge in [-0.25, -0.2) is 20.5 Å². The van der Waals surface area contributed by atoms with Gasteiger partial charge in [0.2, 0.25) is 5.88 Å². The lowest BCUT2D eigenvalue weighted by Crippen LogP contribution is -2.36. The number of halogens is 2. The Hall–Kier alpha value is -2.61. The number of anilines is 1. The van der Waals surface area contributed by atoms with Crippen LogP contribution in [0.5, 0.6) is 0 Å². The van der Waals surface area contributed by atoms with Gasteiger partial charge < -0.3 is 24.3 Å². The summed E-state index contributed by atoms with van der Waals surface area (Å²) < 4.78 is 48.3. The molecular formula is C19H29F2N7O4. The number of nitrogens with zero attached hydrogens (tertiary/aromatic N) is 4. The van der Waals surface area contributed by atoms with Crippen molar-refractivity contribution in [1.82, 2.24) is 25.2 Å². The molecule has 2 unspecified atom stereocenters. The molecule has 1 fully saturated rings. The first-order chi connectivity index (χ1) is 15.4. The molecule has 11 nitrogen and oxygen atoms in total. The summed E-state index contributed by atoms with van der Waals surface area (Å²) in [6, 6.07) is -0.738. The second-order valence-corrected chi connectivity index (χ2v) is 7.16. The molecule has 3 heterocycles. The van der Waals surface area contributed by atoms with Gasteiger partial charge in [-0.1, -0.05) is 0 Å².